The molecule has 3 N–H and O–H groups in total. The van der Waals surface area contributed by atoms with Gasteiger partial charge in [-0.3, -0.25) is 0 Å². The van der Waals surface area contributed by atoms with Gasteiger partial charge in [0, 0.05) is 21.9 Å². The Bertz CT molecular complexity index is 577. The standard InChI is InChI=1S/C13H13NO3S/c1-8-2-3-10(14)11(6-8)18-7-9-4-5-17-12(9)13(15)16/h2-6H,7,14H2,1H3,(H,15,16). The number of carbonyl (C=O) groups is 1. The van der Waals surface area contributed by atoms with E-state index >= 15 is 0 Å². The molecular formula is C13H13NO3S. The van der Waals surface area contributed by atoms with E-state index in [1.54, 1.807) is 6.07 Å². The van der Waals surface area contributed by atoms with Gasteiger partial charge in [-0.15, -0.1) is 11.8 Å². The van der Waals surface area contributed by atoms with Crippen molar-refractivity contribution < 1.29 is 14.3 Å². The van der Waals surface area contributed by atoms with E-state index in [-0.39, 0.29) is 5.76 Å². The number of rotatable bonds is 4. The Morgan fingerprint density at radius 1 is 1.44 bits per heavy atom. The van der Waals surface area contributed by atoms with Crippen molar-refractivity contribution in [3.8, 4) is 0 Å². The first kappa shape index (κ1) is 12.6. The second kappa shape index (κ2) is 5.18. The van der Waals surface area contributed by atoms with Gasteiger partial charge in [0.1, 0.15) is 0 Å². The highest BCUT2D eigenvalue weighted by Crippen LogP contribution is 2.30. The zero-order valence-electron chi connectivity index (χ0n) is 9.84. The fourth-order valence-electron chi connectivity index (χ4n) is 1.56. The summed E-state index contributed by atoms with van der Waals surface area (Å²) in [4.78, 5) is 11.8. The molecule has 0 atom stereocenters. The van der Waals surface area contributed by atoms with Crippen molar-refractivity contribution in [3.63, 3.8) is 0 Å². The summed E-state index contributed by atoms with van der Waals surface area (Å²) in [5.74, 6) is -0.535. The number of aromatic carboxylic acids is 1. The first-order chi connectivity index (χ1) is 8.58. The maximum atomic E-state index is 10.9. The van der Waals surface area contributed by atoms with Crippen molar-refractivity contribution in [2.75, 3.05) is 5.73 Å². The Morgan fingerprint density at radius 2 is 2.22 bits per heavy atom. The Labute approximate surface area is 109 Å². The number of anilines is 1. The summed E-state index contributed by atoms with van der Waals surface area (Å²) in [6.07, 6.45) is 1.39. The molecule has 1 aromatic heterocycles. The van der Waals surface area contributed by atoms with Crippen LogP contribution in [0, 0.1) is 6.92 Å². The van der Waals surface area contributed by atoms with Gasteiger partial charge in [-0.1, -0.05) is 6.07 Å². The molecule has 0 saturated heterocycles. The van der Waals surface area contributed by atoms with E-state index in [4.69, 9.17) is 15.3 Å². The molecule has 0 fully saturated rings. The van der Waals surface area contributed by atoms with Crippen LogP contribution in [0.4, 0.5) is 5.69 Å². The average Bonchev–Trinajstić information content (AvgIpc) is 2.79. The minimum absolute atomic E-state index is 0.00581. The van der Waals surface area contributed by atoms with Crippen LogP contribution in [0.3, 0.4) is 0 Å². The molecule has 18 heavy (non-hydrogen) atoms. The van der Waals surface area contributed by atoms with Crippen molar-refractivity contribution in [2.24, 2.45) is 0 Å². The van der Waals surface area contributed by atoms with Crippen LogP contribution < -0.4 is 5.73 Å². The van der Waals surface area contributed by atoms with Gasteiger partial charge in [-0.25, -0.2) is 4.79 Å². The Morgan fingerprint density at radius 3 is 2.94 bits per heavy atom. The number of carboxylic acid groups (broad SMARTS) is 1. The SMILES string of the molecule is Cc1ccc(N)c(SCc2ccoc2C(=O)O)c1. The summed E-state index contributed by atoms with van der Waals surface area (Å²) in [5.41, 5.74) is 8.35. The highest BCUT2D eigenvalue weighted by molar-refractivity contribution is 7.98. The zero-order chi connectivity index (χ0) is 13.1. The van der Waals surface area contributed by atoms with Gasteiger partial charge in [0.25, 0.3) is 0 Å². The summed E-state index contributed by atoms with van der Waals surface area (Å²) >= 11 is 1.50. The van der Waals surface area contributed by atoms with Crippen molar-refractivity contribution in [3.05, 3.63) is 47.4 Å². The van der Waals surface area contributed by atoms with Gasteiger partial charge < -0.3 is 15.3 Å². The van der Waals surface area contributed by atoms with Gasteiger partial charge in [0.05, 0.1) is 6.26 Å². The molecule has 0 spiro atoms. The number of nitrogen functional groups attached to an aromatic ring is 1. The molecule has 0 radical (unpaired) electrons. The third-order valence-corrected chi connectivity index (χ3v) is 3.61. The Hall–Kier alpha value is -1.88. The van der Waals surface area contributed by atoms with E-state index in [2.05, 4.69) is 0 Å². The molecule has 0 aliphatic heterocycles. The summed E-state index contributed by atoms with van der Waals surface area (Å²) in [7, 11) is 0. The van der Waals surface area contributed by atoms with Crippen molar-refractivity contribution in [2.45, 2.75) is 17.6 Å². The lowest BCUT2D eigenvalue weighted by Crippen LogP contribution is -1.98. The number of carboxylic acids is 1. The first-order valence-corrected chi connectivity index (χ1v) is 6.35. The number of hydrogen-bond donors (Lipinski definition) is 2. The molecular weight excluding hydrogens is 250 g/mol. The minimum atomic E-state index is -1.05. The van der Waals surface area contributed by atoms with E-state index in [1.807, 2.05) is 25.1 Å². The molecule has 1 heterocycles. The number of furan rings is 1. The van der Waals surface area contributed by atoms with Crippen LogP contribution in [0.2, 0.25) is 0 Å². The van der Waals surface area contributed by atoms with Crippen LogP contribution in [0.25, 0.3) is 0 Å². The quantitative estimate of drug-likeness (QED) is 0.654. The van der Waals surface area contributed by atoms with Crippen LogP contribution in [-0.4, -0.2) is 11.1 Å². The van der Waals surface area contributed by atoms with E-state index in [1.165, 1.54) is 18.0 Å². The molecule has 1 aromatic carbocycles. The largest absolute Gasteiger partial charge is 0.475 e. The van der Waals surface area contributed by atoms with E-state index in [0.29, 0.717) is 17.0 Å². The molecule has 0 saturated carbocycles. The summed E-state index contributed by atoms with van der Waals surface area (Å²) in [6, 6.07) is 7.45. The molecule has 0 aliphatic carbocycles. The fraction of sp³-hybridized carbons (Fsp3) is 0.154. The van der Waals surface area contributed by atoms with E-state index < -0.39 is 5.97 Å². The van der Waals surface area contributed by atoms with Gasteiger partial charge in [0.15, 0.2) is 0 Å². The summed E-state index contributed by atoms with van der Waals surface area (Å²) < 4.78 is 4.92. The zero-order valence-corrected chi connectivity index (χ0v) is 10.7. The van der Waals surface area contributed by atoms with Gasteiger partial charge in [0.2, 0.25) is 5.76 Å². The lowest BCUT2D eigenvalue weighted by molar-refractivity contribution is 0.0661. The smallest absolute Gasteiger partial charge is 0.372 e. The van der Waals surface area contributed by atoms with Crippen LogP contribution in [0.5, 0.6) is 0 Å². The van der Waals surface area contributed by atoms with Crippen molar-refractivity contribution in [1.29, 1.82) is 0 Å². The monoisotopic (exact) mass is 263 g/mol. The van der Waals surface area contributed by atoms with E-state index in [9.17, 15) is 4.79 Å². The van der Waals surface area contributed by atoms with Crippen molar-refractivity contribution in [1.82, 2.24) is 0 Å². The molecule has 0 bridgehead atoms. The topological polar surface area (TPSA) is 76.5 Å². The molecule has 0 unspecified atom stereocenters. The second-order valence-corrected chi connectivity index (χ2v) is 4.93. The molecule has 0 amide bonds. The second-order valence-electron chi connectivity index (χ2n) is 3.91. The Kier molecular flexibility index (Phi) is 3.62. The average molecular weight is 263 g/mol. The van der Waals surface area contributed by atoms with Crippen LogP contribution >= 0.6 is 11.8 Å². The number of benzene rings is 1. The molecule has 94 valence electrons. The predicted molar refractivity (Wildman–Crippen MR) is 70.8 cm³/mol. The maximum Gasteiger partial charge on any atom is 0.372 e. The molecule has 0 aliphatic rings. The molecule has 2 rings (SSSR count). The molecule has 2 aromatic rings. The first-order valence-electron chi connectivity index (χ1n) is 5.36. The lowest BCUT2D eigenvalue weighted by Gasteiger charge is -2.06. The predicted octanol–water partition coefficient (Wildman–Crippen LogP) is 3.16. The minimum Gasteiger partial charge on any atom is -0.475 e. The summed E-state index contributed by atoms with van der Waals surface area (Å²) in [6.45, 7) is 1.99. The van der Waals surface area contributed by atoms with Crippen LogP contribution in [0.15, 0.2) is 39.8 Å². The highest BCUT2D eigenvalue weighted by Gasteiger charge is 2.14. The normalized spacial score (nSPS) is 10.5. The number of aryl methyl sites for hydroxylation is 1. The van der Waals surface area contributed by atoms with Crippen LogP contribution in [0.1, 0.15) is 21.7 Å². The number of nitrogens with two attached hydrogens (primary N) is 1. The number of hydrogen-bond acceptors (Lipinski definition) is 4. The van der Waals surface area contributed by atoms with Gasteiger partial charge in [-0.2, -0.15) is 0 Å². The highest BCUT2D eigenvalue weighted by atomic mass is 32.2. The van der Waals surface area contributed by atoms with Crippen LogP contribution in [-0.2, 0) is 5.75 Å². The van der Waals surface area contributed by atoms with Gasteiger partial charge >= 0.3 is 5.97 Å². The summed E-state index contributed by atoms with van der Waals surface area (Å²) in [5, 5.41) is 8.92. The third kappa shape index (κ3) is 2.68. The molecule has 5 heteroatoms. The van der Waals surface area contributed by atoms with E-state index in [0.717, 1.165) is 10.5 Å². The number of thioether (sulfide) groups is 1. The maximum absolute atomic E-state index is 10.9. The van der Waals surface area contributed by atoms with Crippen molar-refractivity contribution >= 4 is 23.4 Å². The lowest BCUT2D eigenvalue weighted by atomic mass is 10.2. The molecule has 4 nitrogen and oxygen atoms in total. The fourth-order valence-corrected chi connectivity index (χ4v) is 2.60. The Balaban J connectivity index is 2.14. The van der Waals surface area contributed by atoms with Gasteiger partial charge in [-0.05, 0) is 30.7 Å². The third-order valence-electron chi connectivity index (χ3n) is 2.49.